The third-order valence-electron chi connectivity index (χ3n) is 4.85. The van der Waals surface area contributed by atoms with Gasteiger partial charge in [-0.2, -0.15) is 10.2 Å². The predicted octanol–water partition coefficient (Wildman–Crippen LogP) is 2.34. The quantitative estimate of drug-likeness (QED) is 0.719. The molecule has 2 amide bonds. The number of hydrogen-bond acceptors (Lipinski definition) is 5. The number of rotatable bonds is 4. The van der Waals surface area contributed by atoms with Crippen molar-refractivity contribution in [3.63, 3.8) is 0 Å². The fraction of sp³-hybridized carbons (Fsp3) is 0.333. The molecule has 4 rings (SSSR count). The Morgan fingerprint density at radius 2 is 2.19 bits per heavy atom. The van der Waals surface area contributed by atoms with Gasteiger partial charge in [0.2, 0.25) is 0 Å². The Hall–Kier alpha value is -2.94. The van der Waals surface area contributed by atoms with Crippen molar-refractivity contribution in [2.24, 2.45) is 12.8 Å². The van der Waals surface area contributed by atoms with Crippen LogP contribution in [0.4, 0.5) is 0 Å². The van der Waals surface area contributed by atoms with Crippen LogP contribution in [0.1, 0.15) is 52.0 Å². The minimum absolute atomic E-state index is 0.0762. The normalized spacial score (nSPS) is 17.2. The molecule has 1 aliphatic rings. The first-order chi connectivity index (χ1) is 13.0. The molecule has 3 aromatic heterocycles. The number of aromatic nitrogens is 4. The van der Waals surface area contributed by atoms with Gasteiger partial charge in [0, 0.05) is 13.6 Å². The molecule has 8 nitrogen and oxygen atoms in total. The van der Waals surface area contributed by atoms with Crippen molar-refractivity contribution >= 4 is 23.2 Å². The summed E-state index contributed by atoms with van der Waals surface area (Å²) in [6.45, 7) is 0.647. The third-order valence-corrected chi connectivity index (χ3v) is 5.74. The fourth-order valence-electron chi connectivity index (χ4n) is 3.49. The second kappa shape index (κ2) is 6.99. The van der Waals surface area contributed by atoms with E-state index in [9.17, 15) is 9.59 Å². The topological polar surface area (TPSA) is 110 Å². The Kier molecular flexibility index (Phi) is 4.53. The van der Waals surface area contributed by atoms with Crippen LogP contribution in [0.5, 0.6) is 0 Å². The number of carbonyl (C=O) groups excluding carboxylic acids is 2. The standard InChI is InChI=1S/C18H20N6O2S/c1-23-15(10-12(22-23)16-6-4-8-27-16)18(26)24-7-3-2-5-14(24)11-9-13(17(19)25)21-20-11/h4,6,8-10,14H,2-3,5,7H2,1H3,(H2,19,25)(H,20,21). The van der Waals surface area contributed by atoms with Crippen LogP contribution in [-0.2, 0) is 7.05 Å². The molecule has 3 N–H and O–H groups in total. The minimum Gasteiger partial charge on any atom is -0.364 e. The smallest absolute Gasteiger partial charge is 0.272 e. The Morgan fingerprint density at radius 1 is 1.33 bits per heavy atom. The van der Waals surface area contributed by atoms with Crippen molar-refractivity contribution < 1.29 is 9.59 Å². The van der Waals surface area contributed by atoms with E-state index in [0.717, 1.165) is 35.5 Å². The number of nitrogens with one attached hydrogen (secondary N) is 1. The van der Waals surface area contributed by atoms with Crippen LogP contribution in [0, 0.1) is 0 Å². The van der Waals surface area contributed by atoms with E-state index in [2.05, 4.69) is 15.3 Å². The first-order valence-electron chi connectivity index (χ1n) is 8.78. The summed E-state index contributed by atoms with van der Waals surface area (Å²) in [7, 11) is 1.78. The number of aryl methyl sites for hydroxylation is 1. The van der Waals surface area contributed by atoms with Crippen molar-refractivity contribution in [2.45, 2.75) is 25.3 Å². The van der Waals surface area contributed by atoms with Crippen LogP contribution < -0.4 is 5.73 Å². The summed E-state index contributed by atoms with van der Waals surface area (Å²) in [4.78, 5) is 27.5. The number of H-pyrrole nitrogens is 1. The Bertz CT molecular complexity index is 974. The molecule has 27 heavy (non-hydrogen) atoms. The molecule has 1 unspecified atom stereocenters. The molecule has 0 aromatic carbocycles. The fourth-order valence-corrected chi connectivity index (χ4v) is 4.17. The number of carbonyl (C=O) groups is 2. The number of likely N-dealkylation sites (tertiary alicyclic amines) is 1. The Balaban J connectivity index is 1.63. The first kappa shape index (κ1) is 17.5. The summed E-state index contributed by atoms with van der Waals surface area (Å²) in [5.74, 6) is -0.661. The average Bonchev–Trinajstić information content (AvgIpc) is 3.41. The highest BCUT2D eigenvalue weighted by Crippen LogP contribution is 2.32. The highest BCUT2D eigenvalue weighted by atomic mass is 32.1. The van der Waals surface area contributed by atoms with Gasteiger partial charge >= 0.3 is 0 Å². The van der Waals surface area contributed by atoms with Crippen LogP contribution in [0.25, 0.3) is 10.6 Å². The zero-order valence-electron chi connectivity index (χ0n) is 14.9. The van der Waals surface area contributed by atoms with E-state index in [4.69, 9.17) is 5.73 Å². The molecule has 3 aromatic rings. The van der Waals surface area contributed by atoms with Crippen molar-refractivity contribution in [3.05, 3.63) is 46.7 Å². The molecule has 0 saturated carbocycles. The van der Waals surface area contributed by atoms with Gasteiger partial charge < -0.3 is 10.6 Å². The lowest BCUT2D eigenvalue weighted by molar-refractivity contribution is 0.0594. The molecule has 4 heterocycles. The van der Waals surface area contributed by atoms with E-state index >= 15 is 0 Å². The summed E-state index contributed by atoms with van der Waals surface area (Å²) in [5, 5.41) is 13.3. The van der Waals surface area contributed by atoms with Gasteiger partial charge in [-0.1, -0.05) is 6.07 Å². The van der Waals surface area contributed by atoms with Gasteiger partial charge in [-0.05, 0) is 42.8 Å². The van der Waals surface area contributed by atoms with E-state index in [1.165, 1.54) is 0 Å². The second-order valence-electron chi connectivity index (χ2n) is 6.60. The molecule has 0 aliphatic carbocycles. The zero-order chi connectivity index (χ0) is 19.0. The molecule has 0 spiro atoms. The highest BCUT2D eigenvalue weighted by Gasteiger charge is 2.32. The SMILES string of the molecule is Cn1nc(-c2cccs2)cc1C(=O)N1CCCCC1c1cc(C(N)=O)n[nH]1. The van der Waals surface area contributed by atoms with E-state index in [-0.39, 0.29) is 17.6 Å². The number of primary amides is 1. The number of aromatic amines is 1. The van der Waals surface area contributed by atoms with Gasteiger partial charge in [0.05, 0.1) is 16.6 Å². The average molecular weight is 384 g/mol. The summed E-state index contributed by atoms with van der Waals surface area (Å²) < 4.78 is 1.63. The van der Waals surface area contributed by atoms with Crippen LogP contribution in [0.2, 0.25) is 0 Å². The predicted molar refractivity (Wildman–Crippen MR) is 101 cm³/mol. The molecular formula is C18H20N6O2S. The third kappa shape index (κ3) is 3.25. The second-order valence-corrected chi connectivity index (χ2v) is 7.55. The molecule has 1 fully saturated rings. The van der Waals surface area contributed by atoms with E-state index < -0.39 is 5.91 Å². The summed E-state index contributed by atoms with van der Waals surface area (Å²) in [6, 6.07) is 7.26. The lowest BCUT2D eigenvalue weighted by Crippen LogP contribution is -2.39. The first-order valence-corrected chi connectivity index (χ1v) is 9.66. The monoisotopic (exact) mass is 384 g/mol. The zero-order valence-corrected chi connectivity index (χ0v) is 15.7. The summed E-state index contributed by atoms with van der Waals surface area (Å²) in [5.41, 5.74) is 7.55. The van der Waals surface area contributed by atoms with Gasteiger partial charge in [-0.3, -0.25) is 19.4 Å². The summed E-state index contributed by atoms with van der Waals surface area (Å²) >= 11 is 1.59. The molecule has 140 valence electrons. The summed E-state index contributed by atoms with van der Waals surface area (Å²) in [6.07, 6.45) is 2.75. The largest absolute Gasteiger partial charge is 0.364 e. The van der Waals surface area contributed by atoms with Gasteiger partial charge in [-0.15, -0.1) is 11.3 Å². The maximum atomic E-state index is 13.3. The molecule has 0 bridgehead atoms. The number of nitrogens with zero attached hydrogens (tertiary/aromatic N) is 4. The highest BCUT2D eigenvalue weighted by molar-refractivity contribution is 7.13. The van der Waals surface area contributed by atoms with Crippen LogP contribution >= 0.6 is 11.3 Å². The number of hydrogen-bond donors (Lipinski definition) is 2. The number of piperidine rings is 1. The minimum atomic E-state index is -0.585. The molecule has 1 aliphatic heterocycles. The lowest BCUT2D eigenvalue weighted by atomic mass is 9.98. The maximum absolute atomic E-state index is 13.3. The molecule has 9 heteroatoms. The van der Waals surface area contributed by atoms with Gasteiger partial charge in [0.1, 0.15) is 17.1 Å². The van der Waals surface area contributed by atoms with Crippen molar-refractivity contribution in [1.29, 1.82) is 0 Å². The van der Waals surface area contributed by atoms with Crippen molar-refractivity contribution in [2.75, 3.05) is 6.54 Å². The molecule has 0 radical (unpaired) electrons. The lowest BCUT2D eigenvalue weighted by Gasteiger charge is -2.35. The number of nitrogens with two attached hydrogens (primary N) is 1. The maximum Gasteiger partial charge on any atom is 0.272 e. The van der Waals surface area contributed by atoms with E-state index in [0.29, 0.717) is 12.2 Å². The molecule has 1 atom stereocenters. The molecule has 1 saturated heterocycles. The van der Waals surface area contributed by atoms with Gasteiger partial charge in [-0.25, -0.2) is 0 Å². The van der Waals surface area contributed by atoms with E-state index in [1.807, 2.05) is 28.5 Å². The number of thiophene rings is 1. The van der Waals surface area contributed by atoms with Gasteiger partial charge in [0.25, 0.3) is 11.8 Å². The van der Waals surface area contributed by atoms with Crippen LogP contribution in [-0.4, -0.2) is 43.2 Å². The van der Waals surface area contributed by atoms with E-state index in [1.54, 1.807) is 29.1 Å². The Labute approximate surface area is 160 Å². The van der Waals surface area contributed by atoms with Gasteiger partial charge in [0.15, 0.2) is 0 Å². The van der Waals surface area contributed by atoms with Crippen LogP contribution in [0.3, 0.4) is 0 Å². The molecular weight excluding hydrogens is 364 g/mol. The van der Waals surface area contributed by atoms with Crippen molar-refractivity contribution in [3.8, 4) is 10.6 Å². The van der Waals surface area contributed by atoms with Crippen LogP contribution in [0.15, 0.2) is 29.6 Å². The number of amides is 2. The van der Waals surface area contributed by atoms with Crippen molar-refractivity contribution in [1.82, 2.24) is 24.9 Å². The Morgan fingerprint density at radius 3 is 2.89 bits per heavy atom.